The molecule has 1 fully saturated rings. The van der Waals surface area contributed by atoms with Gasteiger partial charge in [0.05, 0.1) is 5.69 Å². The third-order valence-corrected chi connectivity index (χ3v) is 5.32. The van der Waals surface area contributed by atoms with Crippen molar-refractivity contribution in [3.63, 3.8) is 0 Å². The van der Waals surface area contributed by atoms with E-state index in [1.165, 1.54) is 0 Å². The monoisotopic (exact) mass is 393 g/mol. The lowest BCUT2D eigenvalue weighted by atomic mass is 10.1. The van der Waals surface area contributed by atoms with Gasteiger partial charge in [0.15, 0.2) is 0 Å². The van der Waals surface area contributed by atoms with Gasteiger partial charge < -0.3 is 9.88 Å². The molecule has 0 saturated carbocycles. The lowest BCUT2D eigenvalue weighted by Crippen LogP contribution is -2.30. The second-order valence-corrected chi connectivity index (χ2v) is 7.31. The predicted octanol–water partition coefficient (Wildman–Crippen LogP) is 5.36. The average Bonchev–Trinajstić information content (AvgIpc) is 3.19. The Morgan fingerprint density at radius 3 is 2.68 bits per heavy atom. The van der Waals surface area contributed by atoms with E-state index in [9.17, 15) is 9.59 Å². The van der Waals surface area contributed by atoms with Gasteiger partial charge in [0.25, 0.3) is 5.91 Å². The molecule has 0 bridgehead atoms. The molecule has 0 aliphatic carbocycles. The van der Waals surface area contributed by atoms with Crippen molar-refractivity contribution in [3.8, 4) is 0 Å². The van der Waals surface area contributed by atoms with Gasteiger partial charge in [-0.2, -0.15) is 0 Å². The van der Waals surface area contributed by atoms with Crippen LogP contribution in [0.3, 0.4) is 0 Å². The molecule has 3 aromatic rings. The highest BCUT2D eigenvalue weighted by Crippen LogP contribution is 2.29. The number of carbonyl (C=O) groups is 2. The molecule has 0 radical (unpaired) electrons. The highest BCUT2D eigenvalue weighted by Gasteiger charge is 2.35. The number of benzene rings is 2. The molecule has 1 aliphatic heterocycles. The summed E-state index contributed by atoms with van der Waals surface area (Å²) in [4.78, 5) is 26.4. The zero-order chi connectivity index (χ0) is 19.8. The average molecular weight is 394 g/mol. The number of carbonyl (C=O) groups excluding carboxylic acids is 2. The largest absolute Gasteiger partial charge is 0.344 e. The summed E-state index contributed by atoms with van der Waals surface area (Å²) in [5, 5.41) is 4.19. The molecule has 1 unspecified atom stereocenters. The molecule has 4 rings (SSSR count). The third-order valence-electron chi connectivity index (χ3n) is 5.08. The molecule has 1 saturated heterocycles. The molecule has 5 nitrogen and oxygen atoms in total. The summed E-state index contributed by atoms with van der Waals surface area (Å²) in [6.07, 6.45) is 4.77. The van der Waals surface area contributed by atoms with Crippen molar-refractivity contribution in [1.82, 2.24) is 9.88 Å². The summed E-state index contributed by atoms with van der Waals surface area (Å²) in [6, 6.07) is 14.6. The highest BCUT2D eigenvalue weighted by atomic mass is 35.5. The van der Waals surface area contributed by atoms with Crippen LogP contribution in [-0.4, -0.2) is 16.5 Å². The molecule has 2 aromatic carbocycles. The number of urea groups is 1. The lowest BCUT2D eigenvalue weighted by molar-refractivity contribution is -0.113. The Morgan fingerprint density at radius 1 is 1.14 bits per heavy atom. The second kappa shape index (κ2) is 7.17. The minimum Gasteiger partial charge on any atom is -0.344 e. The number of imide groups is 1. The van der Waals surface area contributed by atoms with Crippen molar-refractivity contribution in [3.05, 3.63) is 71.0 Å². The first kappa shape index (κ1) is 18.3. The fraction of sp³-hybridized carbons (Fsp3) is 0.182. The Labute approximate surface area is 168 Å². The van der Waals surface area contributed by atoms with Crippen LogP contribution in [-0.2, 0) is 4.79 Å². The van der Waals surface area contributed by atoms with Gasteiger partial charge in [-0.05, 0) is 43.7 Å². The molecule has 3 amide bonds. The standard InChI is InChI=1S/C22H20ClN3O2/c1-3-14(2)25-13-15(18-9-4-5-10-20(18)25)11-19-21(27)26(22(28)24-19)17-8-6-7-16(23)12-17/h4-14H,3H2,1-2H3,(H,24,28)/b19-11+. The van der Waals surface area contributed by atoms with E-state index in [2.05, 4.69) is 29.8 Å². The predicted molar refractivity (Wildman–Crippen MR) is 112 cm³/mol. The molecule has 1 N–H and O–H groups in total. The van der Waals surface area contributed by atoms with Crippen molar-refractivity contribution in [2.75, 3.05) is 4.90 Å². The minimum atomic E-state index is -0.482. The molecule has 1 aromatic heterocycles. The Bertz CT molecular complexity index is 1120. The second-order valence-electron chi connectivity index (χ2n) is 6.87. The Morgan fingerprint density at radius 2 is 1.93 bits per heavy atom. The highest BCUT2D eigenvalue weighted by molar-refractivity contribution is 6.32. The zero-order valence-corrected chi connectivity index (χ0v) is 16.4. The van der Waals surface area contributed by atoms with Crippen LogP contribution < -0.4 is 10.2 Å². The van der Waals surface area contributed by atoms with Crippen molar-refractivity contribution in [2.45, 2.75) is 26.3 Å². The Hall–Kier alpha value is -3.05. The number of anilines is 1. The van der Waals surface area contributed by atoms with Crippen LogP contribution in [0, 0.1) is 0 Å². The molecule has 6 heteroatoms. The fourth-order valence-corrected chi connectivity index (χ4v) is 3.63. The molecule has 28 heavy (non-hydrogen) atoms. The maximum Gasteiger partial charge on any atom is 0.333 e. The quantitative estimate of drug-likeness (QED) is 0.479. The van der Waals surface area contributed by atoms with Crippen LogP contribution in [0.2, 0.25) is 5.02 Å². The number of amides is 3. The van der Waals surface area contributed by atoms with Gasteiger partial charge in [-0.25, -0.2) is 9.69 Å². The Balaban J connectivity index is 1.76. The zero-order valence-electron chi connectivity index (χ0n) is 15.6. The van der Waals surface area contributed by atoms with Crippen LogP contribution >= 0.6 is 11.6 Å². The first-order valence-electron chi connectivity index (χ1n) is 9.22. The lowest BCUT2D eigenvalue weighted by Gasteiger charge is -2.12. The number of fused-ring (bicyclic) bond motifs is 1. The van der Waals surface area contributed by atoms with Gasteiger partial charge in [0.1, 0.15) is 5.70 Å². The van der Waals surface area contributed by atoms with Crippen molar-refractivity contribution >= 4 is 46.2 Å². The molecular weight excluding hydrogens is 374 g/mol. The van der Waals surface area contributed by atoms with Crippen molar-refractivity contribution in [2.24, 2.45) is 0 Å². The van der Waals surface area contributed by atoms with Gasteiger partial charge in [0, 0.05) is 33.7 Å². The van der Waals surface area contributed by atoms with E-state index in [1.54, 1.807) is 30.3 Å². The summed E-state index contributed by atoms with van der Waals surface area (Å²) >= 11 is 6.01. The van der Waals surface area contributed by atoms with Crippen LogP contribution in [0.15, 0.2) is 60.4 Å². The van der Waals surface area contributed by atoms with E-state index >= 15 is 0 Å². The summed E-state index contributed by atoms with van der Waals surface area (Å²) in [6.45, 7) is 4.30. The number of nitrogens with zero attached hydrogens (tertiary/aromatic N) is 2. The van der Waals surface area contributed by atoms with Crippen molar-refractivity contribution < 1.29 is 9.59 Å². The van der Waals surface area contributed by atoms with Crippen molar-refractivity contribution in [1.29, 1.82) is 0 Å². The number of nitrogens with one attached hydrogen (secondary N) is 1. The molecule has 142 valence electrons. The molecule has 0 spiro atoms. The fourth-order valence-electron chi connectivity index (χ4n) is 3.45. The third kappa shape index (κ3) is 3.08. The summed E-state index contributed by atoms with van der Waals surface area (Å²) in [5.41, 5.74) is 2.69. The maximum atomic E-state index is 12.9. The number of aromatic nitrogens is 1. The maximum absolute atomic E-state index is 12.9. The number of hydrogen-bond donors (Lipinski definition) is 1. The van der Waals surface area contributed by atoms with Gasteiger partial charge in [-0.3, -0.25) is 4.79 Å². The van der Waals surface area contributed by atoms with Crippen LogP contribution in [0.1, 0.15) is 31.9 Å². The van der Waals surface area contributed by atoms with E-state index in [4.69, 9.17) is 11.6 Å². The first-order chi connectivity index (χ1) is 13.5. The number of para-hydroxylation sites is 1. The number of rotatable bonds is 4. The summed E-state index contributed by atoms with van der Waals surface area (Å²) in [7, 11) is 0. The number of hydrogen-bond acceptors (Lipinski definition) is 2. The van der Waals surface area contributed by atoms with E-state index in [-0.39, 0.29) is 5.70 Å². The summed E-state index contributed by atoms with van der Waals surface area (Å²) in [5.74, 6) is -0.396. The molecule has 2 heterocycles. The SMILES string of the molecule is CCC(C)n1cc(/C=C2/NC(=O)N(c3cccc(Cl)c3)C2=O)c2ccccc21. The van der Waals surface area contributed by atoms with Crippen LogP contribution in [0.4, 0.5) is 10.5 Å². The van der Waals surface area contributed by atoms with E-state index in [0.29, 0.717) is 16.8 Å². The van der Waals surface area contributed by atoms with Gasteiger partial charge in [0.2, 0.25) is 0 Å². The van der Waals surface area contributed by atoms with Gasteiger partial charge in [-0.1, -0.05) is 42.8 Å². The van der Waals surface area contributed by atoms with E-state index in [1.807, 2.05) is 24.4 Å². The normalized spacial score (nSPS) is 16.8. The van der Waals surface area contributed by atoms with Gasteiger partial charge in [-0.15, -0.1) is 0 Å². The smallest absolute Gasteiger partial charge is 0.333 e. The van der Waals surface area contributed by atoms with E-state index < -0.39 is 11.9 Å². The molecule has 1 aliphatic rings. The summed E-state index contributed by atoms with van der Waals surface area (Å²) < 4.78 is 2.21. The Kier molecular flexibility index (Phi) is 4.69. The minimum absolute atomic E-state index is 0.247. The van der Waals surface area contributed by atoms with Gasteiger partial charge >= 0.3 is 6.03 Å². The van der Waals surface area contributed by atoms with Crippen LogP contribution in [0.25, 0.3) is 17.0 Å². The first-order valence-corrected chi connectivity index (χ1v) is 9.59. The molecule has 1 atom stereocenters. The van der Waals surface area contributed by atoms with Crippen LogP contribution in [0.5, 0.6) is 0 Å². The number of halogens is 1. The van der Waals surface area contributed by atoms with E-state index in [0.717, 1.165) is 27.8 Å². The topological polar surface area (TPSA) is 54.3 Å². The molecular formula is C22H20ClN3O2.